The van der Waals surface area contributed by atoms with Crippen LogP contribution in [-0.4, -0.2) is 21.8 Å². The number of hydrogen-bond donors (Lipinski definition) is 4. The Hall–Kier alpha value is -3.61. The second-order valence-corrected chi connectivity index (χ2v) is 8.62. The molecule has 2 aliphatic rings. The first kappa shape index (κ1) is 18.4. The van der Waals surface area contributed by atoms with Crippen LogP contribution in [0.15, 0.2) is 64.2 Å². The number of Topliss-reactive ketones (excluding diaryl/α,β-unsaturated/α-hetero) is 1. The van der Waals surface area contributed by atoms with Gasteiger partial charge in [0, 0.05) is 12.8 Å². The lowest BCUT2D eigenvalue weighted by Crippen LogP contribution is -2.82. The van der Waals surface area contributed by atoms with Gasteiger partial charge >= 0.3 is 12.0 Å². The summed E-state index contributed by atoms with van der Waals surface area (Å²) in [6.07, 6.45) is 1.22. The smallest absolute Gasteiger partial charge is 0.365 e. The van der Waals surface area contributed by atoms with Gasteiger partial charge in [0.1, 0.15) is 17.3 Å². The fourth-order valence-electron chi connectivity index (χ4n) is 4.24. The van der Waals surface area contributed by atoms with Crippen LogP contribution in [0.2, 0.25) is 0 Å². The van der Waals surface area contributed by atoms with Gasteiger partial charge in [0.05, 0.1) is 11.3 Å². The van der Waals surface area contributed by atoms with E-state index in [1.807, 2.05) is 30.3 Å². The summed E-state index contributed by atoms with van der Waals surface area (Å²) in [7, 11) is 0. The van der Waals surface area contributed by atoms with E-state index < -0.39 is 0 Å². The Kier molecular flexibility index (Phi) is 4.13. The molecule has 0 amide bonds. The van der Waals surface area contributed by atoms with Gasteiger partial charge in [-0.1, -0.05) is 38.1 Å². The third-order valence-electron chi connectivity index (χ3n) is 5.50. The van der Waals surface area contributed by atoms with Gasteiger partial charge in [-0.05, 0) is 35.2 Å². The summed E-state index contributed by atoms with van der Waals surface area (Å²) >= 11 is 0. The minimum Gasteiger partial charge on any atom is -0.508 e. The normalized spacial score (nSPS) is 20.5. The zero-order chi connectivity index (χ0) is 20.9. The molecule has 0 bridgehead atoms. The molecular weight excluding hydrogens is 380 g/mol. The number of rotatable bonds is 2. The van der Waals surface area contributed by atoms with Crippen LogP contribution >= 0.6 is 0 Å². The maximum absolute atomic E-state index is 13.0. The van der Waals surface area contributed by atoms with E-state index in [1.165, 1.54) is 0 Å². The summed E-state index contributed by atoms with van der Waals surface area (Å²) in [4.78, 5) is 20.9. The van der Waals surface area contributed by atoms with Gasteiger partial charge in [0.25, 0.3) is 0 Å². The quantitative estimate of drug-likeness (QED) is 0.524. The van der Waals surface area contributed by atoms with E-state index in [2.05, 4.69) is 34.5 Å². The molecule has 0 radical (unpaired) electrons. The Morgan fingerprint density at radius 2 is 2.03 bits per heavy atom. The summed E-state index contributed by atoms with van der Waals surface area (Å²) in [6.45, 7) is 4.19. The number of nitrogens with one attached hydrogen (secondary N) is 3. The summed E-state index contributed by atoms with van der Waals surface area (Å²) in [5, 5.41) is 16.5. The van der Waals surface area contributed by atoms with Crippen LogP contribution < -0.4 is 15.6 Å². The van der Waals surface area contributed by atoms with Gasteiger partial charge in [-0.25, -0.2) is 5.32 Å². The van der Waals surface area contributed by atoms with Gasteiger partial charge in [-0.3, -0.25) is 9.79 Å². The number of carbonyl (C=O) groups is 1. The van der Waals surface area contributed by atoms with Crippen LogP contribution in [0.1, 0.15) is 38.3 Å². The first-order valence-electron chi connectivity index (χ1n) is 9.96. The Morgan fingerprint density at radius 3 is 2.83 bits per heavy atom. The van der Waals surface area contributed by atoms with Crippen molar-refractivity contribution < 1.29 is 19.3 Å². The van der Waals surface area contributed by atoms with E-state index in [1.54, 1.807) is 18.2 Å². The average molecular weight is 403 g/mol. The molecule has 2 heterocycles. The van der Waals surface area contributed by atoms with Gasteiger partial charge in [0.2, 0.25) is 0 Å². The summed E-state index contributed by atoms with van der Waals surface area (Å²) in [5.74, 6) is 0.849. The van der Waals surface area contributed by atoms with E-state index in [-0.39, 0.29) is 23.0 Å². The number of guanidine groups is 1. The summed E-state index contributed by atoms with van der Waals surface area (Å²) in [6, 6.07) is 14.5. The molecule has 0 spiro atoms. The number of anilines is 1. The summed E-state index contributed by atoms with van der Waals surface area (Å²) in [5.41, 5.74) is 3.72. The maximum atomic E-state index is 13.0. The van der Waals surface area contributed by atoms with Crippen molar-refractivity contribution in [3.63, 3.8) is 0 Å². The van der Waals surface area contributed by atoms with Crippen molar-refractivity contribution in [3.05, 3.63) is 65.4 Å². The minimum absolute atomic E-state index is 0.107. The molecular formula is C23H23N4O3+. The number of hydrogen-bond acceptors (Lipinski definition) is 6. The van der Waals surface area contributed by atoms with Crippen LogP contribution in [0.4, 0.5) is 6.01 Å². The van der Waals surface area contributed by atoms with E-state index in [9.17, 15) is 9.90 Å². The van der Waals surface area contributed by atoms with Crippen LogP contribution in [0, 0.1) is 5.41 Å². The number of nitrogens with zero attached hydrogens (tertiary/aromatic N) is 1. The molecule has 3 aromatic rings. The number of para-hydroxylation sites is 2. The molecule has 1 aromatic heterocycles. The van der Waals surface area contributed by atoms with Crippen molar-refractivity contribution in [3.8, 4) is 5.75 Å². The lowest BCUT2D eigenvalue weighted by atomic mass is 9.73. The Balaban J connectivity index is 1.55. The Labute approximate surface area is 173 Å². The molecule has 2 aromatic carbocycles. The Morgan fingerprint density at radius 1 is 1.20 bits per heavy atom. The lowest BCUT2D eigenvalue weighted by Gasteiger charge is -2.34. The molecule has 0 unspecified atom stereocenters. The summed E-state index contributed by atoms with van der Waals surface area (Å²) < 4.78 is 5.78. The van der Waals surface area contributed by atoms with Crippen molar-refractivity contribution in [2.24, 2.45) is 5.41 Å². The lowest BCUT2D eigenvalue weighted by molar-refractivity contribution is -0.502. The molecule has 0 saturated carbocycles. The van der Waals surface area contributed by atoms with Gasteiger partial charge < -0.3 is 9.52 Å². The SMILES string of the molecule is CC1(C)CC(=O)C2=C(C1)NC(Nc1nc3ccccc3o1)=[NH+][C@@H]2c1cccc(O)c1. The molecule has 7 nitrogen and oxygen atoms in total. The third kappa shape index (κ3) is 3.32. The number of phenols is 1. The van der Waals surface area contributed by atoms with Crippen LogP contribution in [-0.2, 0) is 4.79 Å². The number of ketones is 1. The van der Waals surface area contributed by atoms with Crippen molar-refractivity contribution in [1.29, 1.82) is 0 Å². The molecule has 0 fully saturated rings. The number of fused-ring (bicyclic) bond motifs is 1. The molecule has 7 heteroatoms. The first-order chi connectivity index (χ1) is 14.4. The highest BCUT2D eigenvalue weighted by Crippen LogP contribution is 2.39. The fourth-order valence-corrected chi connectivity index (χ4v) is 4.24. The number of allylic oxidation sites excluding steroid dienone is 1. The van der Waals surface area contributed by atoms with Crippen molar-refractivity contribution in [2.75, 3.05) is 5.32 Å². The number of benzene rings is 2. The monoisotopic (exact) mass is 403 g/mol. The first-order valence-corrected chi connectivity index (χ1v) is 9.96. The highest BCUT2D eigenvalue weighted by atomic mass is 16.4. The van der Waals surface area contributed by atoms with Gasteiger partial charge in [0.15, 0.2) is 11.4 Å². The number of oxazole rings is 1. The van der Waals surface area contributed by atoms with Crippen molar-refractivity contribution in [1.82, 2.24) is 10.3 Å². The molecule has 30 heavy (non-hydrogen) atoms. The second-order valence-electron chi connectivity index (χ2n) is 8.62. The molecule has 4 N–H and O–H groups in total. The van der Waals surface area contributed by atoms with Crippen molar-refractivity contribution in [2.45, 2.75) is 32.7 Å². The zero-order valence-corrected chi connectivity index (χ0v) is 16.8. The van der Waals surface area contributed by atoms with E-state index in [4.69, 9.17) is 4.42 Å². The number of phenolic OH excluding ortho intramolecular Hbond substituents is 1. The highest BCUT2D eigenvalue weighted by Gasteiger charge is 2.42. The van der Waals surface area contributed by atoms with Gasteiger partial charge in [-0.15, -0.1) is 0 Å². The molecule has 1 aliphatic carbocycles. The molecule has 5 rings (SSSR count). The van der Waals surface area contributed by atoms with E-state index in [0.717, 1.165) is 23.2 Å². The Bertz CT molecular complexity index is 1190. The molecule has 152 valence electrons. The number of aromatic hydroxyl groups is 1. The van der Waals surface area contributed by atoms with E-state index >= 15 is 0 Å². The standard InChI is InChI=1S/C23H22N4O3/c1-23(2)11-16-19(17(29)12-23)20(13-6-5-7-14(28)10-13)26-21(24-16)27-22-25-15-8-3-4-9-18(15)30-22/h3-10,20,28H,11-12H2,1-2H3,(H2,24,25,26,27)/p+1/t20-/m1/s1. The zero-order valence-electron chi connectivity index (χ0n) is 16.8. The predicted molar refractivity (Wildman–Crippen MR) is 113 cm³/mol. The van der Waals surface area contributed by atoms with Crippen LogP contribution in [0.5, 0.6) is 5.75 Å². The average Bonchev–Trinajstić information content (AvgIpc) is 3.08. The van der Waals surface area contributed by atoms with E-state index in [0.29, 0.717) is 29.6 Å². The molecule has 1 atom stereocenters. The minimum atomic E-state index is -0.385. The molecule has 0 saturated heterocycles. The highest BCUT2D eigenvalue weighted by molar-refractivity contribution is 6.01. The topological polar surface area (TPSA) is 101 Å². The second kappa shape index (κ2) is 6.73. The maximum Gasteiger partial charge on any atom is 0.365 e. The van der Waals surface area contributed by atoms with Crippen molar-refractivity contribution >= 4 is 28.9 Å². The predicted octanol–water partition coefficient (Wildman–Crippen LogP) is 2.37. The van der Waals surface area contributed by atoms with Crippen LogP contribution in [0.25, 0.3) is 11.1 Å². The molecule has 1 aliphatic heterocycles. The number of aromatic nitrogens is 1. The number of carbonyl (C=O) groups excluding carboxylic acids is 1. The largest absolute Gasteiger partial charge is 0.508 e. The fraction of sp³-hybridized carbons (Fsp3) is 0.261. The third-order valence-corrected chi connectivity index (χ3v) is 5.50. The van der Waals surface area contributed by atoms with Crippen LogP contribution in [0.3, 0.4) is 0 Å². The van der Waals surface area contributed by atoms with Gasteiger partial charge in [-0.2, -0.15) is 10.3 Å².